The molecule has 5 rings (SSSR count). The maximum absolute atomic E-state index is 13.5. The molecule has 3 aromatic carbocycles. The summed E-state index contributed by atoms with van der Waals surface area (Å²) in [6.45, 7) is 0. The maximum atomic E-state index is 13.5. The molecular formula is C28H24N6O6S. The van der Waals surface area contributed by atoms with Crippen LogP contribution in [0.5, 0.6) is 17.4 Å². The lowest BCUT2D eigenvalue weighted by Crippen LogP contribution is -2.17. The van der Waals surface area contributed by atoms with Gasteiger partial charge in [-0.3, -0.25) is 9.52 Å². The van der Waals surface area contributed by atoms with Crippen LogP contribution in [0.4, 0.5) is 23.0 Å². The molecule has 208 valence electrons. The van der Waals surface area contributed by atoms with Crippen LogP contribution in [0.15, 0.2) is 89.8 Å². The van der Waals surface area contributed by atoms with E-state index in [1.165, 1.54) is 56.7 Å². The molecule has 13 heteroatoms. The molecule has 0 atom stereocenters. The minimum Gasteiger partial charge on any atom is -0.497 e. The van der Waals surface area contributed by atoms with Gasteiger partial charge in [-0.15, -0.1) is 0 Å². The Morgan fingerprint density at radius 3 is 2.07 bits per heavy atom. The number of fused-ring (bicyclic) bond motifs is 1. The minimum atomic E-state index is -4.20. The van der Waals surface area contributed by atoms with E-state index in [1.807, 2.05) is 0 Å². The molecule has 0 unspecified atom stereocenters. The first-order valence-electron chi connectivity index (χ1n) is 12.1. The van der Waals surface area contributed by atoms with Crippen LogP contribution in [0.3, 0.4) is 0 Å². The smallest absolute Gasteiger partial charge is 0.274 e. The zero-order valence-electron chi connectivity index (χ0n) is 21.8. The molecular weight excluding hydrogens is 548 g/mol. The highest BCUT2D eigenvalue weighted by atomic mass is 32.2. The summed E-state index contributed by atoms with van der Waals surface area (Å²) in [6.07, 6.45) is 0. The van der Waals surface area contributed by atoms with Crippen molar-refractivity contribution < 1.29 is 27.8 Å². The second kappa shape index (κ2) is 11.4. The van der Waals surface area contributed by atoms with E-state index in [0.717, 1.165) is 0 Å². The van der Waals surface area contributed by atoms with E-state index in [4.69, 9.17) is 9.47 Å². The third-order valence-electron chi connectivity index (χ3n) is 5.79. The fourth-order valence-electron chi connectivity index (χ4n) is 3.85. The summed E-state index contributed by atoms with van der Waals surface area (Å²) in [4.78, 5) is 25.3. The van der Waals surface area contributed by atoms with E-state index >= 15 is 0 Å². The molecule has 1 amide bonds. The van der Waals surface area contributed by atoms with E-state index < -0.39 is 15.9 Å². The van der Waals surface area contributed by atoms with Crippen LogP contribution in [0, 0.1) is 0 Å². The zero-order chi connectivity index (χ0) is 29.0. The van der Waals surface area contributed by atoms with Crippen LogP contribution < -0.4 is 24.8 Å². The van der Waals surface area contributed by atoms with Gasteiger partial charge in [0.2, 0.25) is 5.88 Å². The Kier molecular flexibility index (Phi) is 7.52. The predicted octanol–water partition coefficient (Wildman–Crippen LogP) is 4.54. The molecule has 0 bridgehead atoms. The Morgan fingerprint density at radius 2 is 1.41 bits per heavy atom. The largest absolute Gasteiger partial charge is 0.497 e. The summed E-state index contributed by atoms with van der Waals surface area (Å²) in [5.74, 6) is 0.186. The molecule has 0 fully saturated rings. The molecule has 2 aromatic heterocycles. The quantitative estimate of drug-likeness (QED) is 0.197. The number of para-hydroxylation sites is 2. The molecule has 12 nitrogen and oxygen atoms in total. The van der Waals surface area contributed by atoms with Crippen molar-refractivity contribution in [3.05, 3.63) is 90.6 Å². The lowest BCUT2D eigenvalue weighted by atomic mass is 10.2. The van der Waals surface area contributed by atoms with E-state index in [9.17, 15) is 18.3 Å². The number of pyridine rings is 1. The number of rotatable bonds is 9. The first-order chi connectivity index (χ1) is 19.7. The molecule has 5 aromatic rings. The van der Waals surface area contributed by atoms with Crippen LogP contribution in [0.1, 0.15) is 10.5 Å². The number of aromatic hydroxyl groups is 1. The number of carbonyl (C=O) groups is 1. The Morgan fingerprint density at radius 1 is 0.756 bits per heavy atom. The molecule has 0 saturated heterocycles. The third-order valence-corrected chi connectivity index (χ3v) is 7.12. The van der Waals surface area contributed by atoms with E-state index in [-0.39, 0.29) is 33.8 Å². The molecule has 0 spiro atoms. The first-order valence-corrected chi connectivity index (χ1v) is 13.6. The SMILES string of the molecule is COc1cc(Nc2nc3ccccc3nc2NS(=O)(=O)c2cccc(NC(=O)c3cccc(O)n3)c2)cc(OC)c1. The van der Waals surface area contributed by atoms with Crippen molar-refractivity contribution in [2.45, 2.75) is 4.90 Å². The summed E-state index contributed by atoms with van der Waals surface area (Å²) in [5.41, 5.74) is 1.70. The standard InChI is InChI=1S/C28H24N6O6S/c1-39-19-13-18(14-20(16-19)40-2)29-26-27(33-23-10-4-3-9-22(23)32-26)34-41(37,38)21-8-5-7-17(15-21)30-28(36)24-11-6-12-25(35)31-24/h3-16H,1-2H3,(H,29,32)(H,30,36)(H,31,35)(H,33,34). The normalized spacial score (nSPS) is 11.1. The second-order valence-electron chi connectivity index (χ2n) is 8.60. The Balaban J connectivity index is 1.47. The summed E-state index contributed by atoms with van der Waals surface area (Å²) in [5, 5.41) is 15.2. The van der Waals surface area contributed by atoms with Crippen molar-refractivity contribution >= 4 is 50.0 Å². The number of carbonyl (C=O) groups excluding carboxylic acids is 1. The van der Waals surface area contributed by atoms with Crippen LogP contribution in [0.25, 0.3) is 11.0 Å². The van der Waals surface area contributed by atoms with E-state index in [1.54, 1.807) is 42.5 Å². The Bertz CT molecular complexity index is 1840. The number of methoxy groups -OCH3 is 2. The van der Waals surface area contributed by atoms with Gasteiger partial charge in [0.25, 0.3) is 15.9 Å². The molecule has 0 aliphatic heterocycles. The topological polar surface area (TPSA) is 165 Å². The van der Waals surface area contributed by atoms with Crippen molar-refractivity contribution in [3.8, 4) is 17.4 Å². The van der Waals surface area contributed by atoms with Gasteiger partial charge >= 0.3 is 0 Å². The van der Waals surface area contributed by atoms with Crippen molar-refractivity contribution in [3.63, 3.8) is 0 Å². The number of sulfonamides is 1. The van der Waals surface area contributed by atoms with E-state index in [0.29, 0.717) is 28.2 Å². The number of benzene rings is 3. The average molecular weight is 573 g/mol. The highest BCUT2D eigenvalue weighted by Gasteiger charge is 2.20. The lowest BCUT2D eigenvalue weighted by Gasteiger charge is -2.15. The molecule has 2 heterocycles. The van der Waals surface area contributed by atoms with Crippen molar-refractivity contribution in [1.82, 2.24) is 15.0 Å². The van der Waals surface area contributed by atoms with Gasteiger partial charge in [0.1, 0.15) is 17.2 Å². The van der Waals surface area contributed by atoms with Gasteiger partial charge in [0, 0.05) is 35.6 Å². The number of anilines is 4. The fourth-order valence-corrected chi connectivity index (χ4v) is 4.90. The van der Waals surface area contributed by atoms with Crippen molar-refractivity contribution in [2.75, 3.05) is 29.6 Å². The summed E-state index contributed by atoms with van der Waals surface area (Å²) < 4.78 is 40.2. The fraction of sp³-hybridized carbons (Fsp3) is 0.0714. The van der Waals surface area contributed by atoms with Crippen LogP contribution in [0.2, 0.25) is 0 Å². The Hall–Kier alpha value is -5.43. The summed E-state index contributed by atoms with van der Waals surface area (Å²) in [6, 6.07) is 22.0. The van der Waals surface area contributed by atoms with Gasteiger partial charge < -0.3 is 25.2 Å². The molecule has 0 aliphatic rings. The number of aromatic nitrogens is 3. The Labute approximate surface area is 235 Å². The molecule has 0 aliphatic carbocycles. The van der Waals surface area contributed by atoms with Gasteiger partial charge in [0.05, 0.1) is 30.1 Å². The number of hydrogen-bond acceptors (Lipinski definition) is 10. The highest BCUT2D eigenvalue weighted by molar-refractivity contribution is 7.92. The maximum Gasteiger partial charge on any atom is 0.274 e. The summed E-state index contributed by atoms with van der Waals surface area (Å²) >= 11 is 0. The molecule has 4 N–H and O–H groups in total. The number of nitrogens with zero attached hydrogens (tertiary/aromatic N) is 3. The van der Waals surface area contributed by atoms with Crippen molar-refractivity contribution in [2.24, 2.45) is 0 Å². The van der Waals surface area contributed by atoms with Gasteiger partial charge in [-0.2, -0.15) is 0 Å². The van der Waals surface area contributed by atoms with Crippen LogP contribution in [-0.4, -0.2) is 48.6 Å². The average Bonchev–Trinajstić information content (AvgIpc) is 2.97. The number of hydrogen-bond donors (Lipinski definition) is 4. The van der Waals surface area contributed by atoms with Crippen LogP contribution in [-0.2, 0) is 10.0 Å². The van der Waals surface area contributed by atoms with Gasteiger partial charge in [-0.25, -0.2) is 23.4 Å². The lowest BCUT2D eigenvalue weighted by molar-refractivity contribution is 0.102. The van der Waals surface area contributed by atoms with Crippen LogP contribution >= 0.6 is 0 Å². The monoisotopic (exact) mass is 572 g/mol. The summed E-state index contributed by atoms with van der Waals surface area (Å²) in [7, 11) is -1.16. The van der Waals surface area contributed by atoms with Crippen molar-refractivity contribution in [1.29, 1.82) is 0 Å². The third kappa shape index (κ3) is 6.25. The number of amides is 1. The minimum absolute atomic E-state index is 0.0345. The molecule has 0 saturated carbocycles. The molecule has 0 radical (unpaired) electrons. The van der Waals surface area contributed by atoms with Gasteiger partial charge in [0.15, 0.2) is 11.6 Å². The number of nitrogens with one attached hydrogen (secondary N) is 3. The second-order valence-corrected chi connectivity index (χ2v) is 10.3. The van der Waals surface area contributed by atoms with Gasteiger partial charge in [-0.1, -0.05) is 24.3 Å². The zero-order valence-corrected chi connectivity index (χ0v) is 22.6. The first kappa shape index (κ1) is 27.1. The van der Waals surface area contributed by atoms with E-state index in [2.05, 4.69) is 30.3 Å². The van der Waals surface area contributed by atoms with Gasteiger partial charge in [-0.05, 0) is 36.4 Å². The highest BCUT2D eigenvalue weighted by Crippen LogP contribution is 2.31. The number of ether oxygens (including phenoxy) is 2. The molecule has 41 heavy (non-hydrogen) atoms. The predicted molar refractivity (Wildman–Crippen MR) is 153 cm³/mol.